The van der Waals surface area contributed by atoms with E-state index in [-0.39, 0.29) is 5.97 Å². The van der Waals surface area contributed by atoms with Crippen molar-refractivity contribution in [3.8, 4) is 0 Å². The fourth-order valence-electron chi connectivity index (χ4n) is 1.75. The van der Waals surface area contributed by atoms with Gasteiger partial charge in [0.15, 0.2) is 0 Å². The van der Waals surface area contributed by atoms with Crippen LogP contribution < -0.4 is 5.73 Å². The Labute approximate surface area is 99.0 Å². The quantitative estimate of drug-likeness (QED) is 0.772. The van der Waals surface area contributed by atoms with Crippen molar-refractivity contribution in [2.45, 2.75) is 19.4 Å². The molecule has 90 valence electrons. The van der Waals surface area contributed by atoms with Gasteiger partial charge in [-0.1, -0.05) is 0 Å². The van der Waals surface area contributed by atoms with E-state index < -0.39 is 6.04 Å². The van der Waals surface area contributed by atoms with Gasteiger partial charge in [-0.15, -0.1) is 0 Å². The van der Waals surface area contributed by atoms with E-state index in [1.54, 1.807) is 13.1 Å². The zero-order valence-electron chi connectivity index (χ0n) is 9.64. The van der Waals surface area contributed by atoms with E-state index in [0.717, 1.165) is 16.6 Å². The summed E-state index contributed by atoms with van der Waals surface area (Å²) >= 11 is 0. The first-order chi connectivity index (χ1) is 8.22. The Balaban J connectivity index is 2.16. The van der Waals surface area contributed by atoms with E-state index in [1.807, 2.05) is 18.3 Å². The molecular formula is C12H15N3O2. The number of carbonyl (C=O) groups is 1. The number of nitrogens with zero attached hydrogens (tertiary/aromatic N) is 1. The van der Waals surface area contributed by atoms with E-state index in [1.165, 1.54) is 0 Å². The second-order valence-corrected chi connectivity index (χ2v) is 3.78. The fourth-order valence-corrected chi connectivity index (χ4v) is 1.75. The minimum absolute atomic E-state index is 0.349. The van der Waals surface area contributed by atoms with Crippen molar-refractivity contribution in [1.29, 1.82) is 0 Å². The molecule has 2 aromatic heterocycles. The van der Waals surface area contributed by atoms with Gasteiger partial charge in [0, 0.05) is 24.2 Å². The van der Waals surface area contributed by atoms with Gasteiger partial charge >= 0.3 is 5.97 Å². The zero-order chi connectivity index (χ0) is 12.3. The fraction of sp³-hybridized carbons (Fsp3) is 0.333. The molecular weight excluding hydrogens is 218 g/mol. The van der Waals surface area contributed by atoms with E-state index >= 15 is 0 Å². The molecule has 3 N–H and O–H groups in total. The molecule has 0 aliphatic heterocycles. The van der Waals surface area contributed by atoms with Gasteiger partial charge in [-0.25, -0.2) is 4.98 Å². The van der Waals surface area contributed by atoms with Gasteiger partial charge in [-0.3, -0.25) is 4.79 Å². The average Bonchev–Trinajstić information content (AvgIpc) is 2.73. The molecule has 0 bridgehead atoms. The number of ether oxygens (including phenoxy) is 1. The molecule has 0 fully saturated rings. The van der Waals surface area contributed by atoms with Crippen LogP contribution in [0.2, 0.25) is 0 Å². The molecule has 17 heavy (non-hydrogen) atoms. The van der Waals surface area contributed by atoms with Crippen LogP contribution in [0, 0.1) is 0 Å². The number of esters is 1. The molecule has 0 amide bonds. The molecule has 0 spiro atoms. The molecule has 0 aliphatic carbocycles. The first kappa shape index (κ1) is 11.6. The lowest BCUT2D eigenvalue weighted by Gasteiger charge is -2.09. The highest BCUT2D eigenvalue weighted by Gasteiger charge is 2.17. The molecule has 0 aromatic carbocycles. The van der Waals surface area contributed by atoms with Crippen molar-refractivity contribution < 1.29 is 9.53 Å². The van der Waals surface area contributed by atoms with Crippen molar-refractivity contribution in [3.05, 3.63) is 30.1 Å². The number of aromatic amines is 1. The Hall–Kier alpha value is -1.88. The number of hydrogen-bond donors (Lipinski definition) is 2. The molecule has 0 saturated carbocycles. The Morgan fingerprint density at radius 1 is 1.65 bits per heavy atom. The number of nitrogens with two attached hydrogens (primary N) is 1. The van der Waals surface area contributed by atoms with Gasteiger partial charge < -0.3 is 15.5 Å². The number of rotatable bonds is 4. The molecule has 0 unspecified atom stereocenters. The van der Waals surface area contributed by atoms with Gasteiger partial charge in [0.25, 0.3) is 0 Å². The van der Waals surface area contributed by atoms with Crippen molar-refractivity contribution >= 4 is 17.0 Å². The molecule has 5 nitrogen and oxygen atoms in total. The summed E-state index contributed by atoms with van der Waals surface area (Å²) in [6.07, 6.45) is 4.00. The standard InChI is InChI=1S/C12H15N3O2/c1-2-17-12(16)10(13)6-8-7-15-11-9(8)4-3-5-14-11/h3-5,7,10H,2,6,13H2,1H3,(H,14,15)/t10-/m0/s1. The molecule has 2 rings (SSSR count). The number of aromatic nitrogens is 2. The zero-order valence-corrected chi connectivity index (χ0v) is 9.64. The predicted octanol–water partition coefficient (Wildman–Crippen LogP) is 0.996. The first-order valence-corrected chi connectivity index (χ1v) is 5.55. The lowest BCUT2D eigenvalue weighted by Crippen LogP contribution is -2.34. The van der Waals surface area contributed by atoms with Crippen LogP contribution in [0.1, 0.15) is 12.5 Å². The highest BCUT2D eigenvalue weighted by molar-refractivity contribution is 5.81. The van der Waals surface area contributed by atoms with Crippen LogP contribution in [0.25, 0.3) is 11.0 Å². The summed E-state index contributed by atoms with van der Waals surface area (Å²) in [6.45, 7) is 2.11. The molecule has 2 aromatic rings. The van der Waals surface area contributed by atoms with Gasteiger partial charge in [0.1, 0.15) is 11.7 Å². The molecule has 1 atom stereocenters. The van der Waals surface area contributed by atoms with Gasteiger partial charge in [0.05, 0.1) is 6.61 Å². The summed E-state index contributed by atoms with van der Waals surface area (Å²) in [5.41, 5.74) is 7.56. The van der Waals surface area contributed by atoms with Crippen LogP contribution in [-0.4, -0.2) is 28.6 Å². The second kappa shape index (κ2) is 4.97. The average molecular weight is 233 g/mol. The van der Waals surface area contributed by atoms with E-state index in [0.29, 0.717) is 13.0 Å². The maximum absolute atomic E-state index is 11.4. The predicted molar refractivity (Wildman–Crippen MR) is 64.4 cm³/mol. The number of carbonyl (C=O) groups excluding carboxylic acids is 1. The van der Waals surface area contributed by atoms with E-state index in [2.05, 4.69) is 9.97 Å². The van der Waals surface area contributed by atoms with E-state index in [9.17, 15) is 4.79 Å². The van der Waals surface area contributed by atoms with Gasteiger partial charge in [-0.2, -0.15) is 0 Å². The van der Waals surface area contributed by atoms with Crippen LogP contribution in [0.15, 0.2) is 24.5 Å². The van der Waals surface area contributed by atoms with Crippen LogP contribution in [0.4, 0.5) is 0 Å². The smallest absolute Gasteiger partial charge is 0.323 e. The first-order valence-electron chi connectivity index (χ1n) is 5.55. The number of nitrogens with one attached hydrogen (secondary N) is 1. The summed E-state index contributed by atoms with van der Waals surface area (Å²) in [5.74, 6) is -0.370. The normalized spacial score (nSPS) is 12.6. The third-order valence-corrected chi connectivity index (χ3v) is 2.57. The van der Waals surface area contributed by atoms with Crippen molar-refractivity contribution in [2.75, 3.05) is 6.61 Å². The topological polar surface area (TPSA) is 81.0 Å². The lowest BCUT2D eigenvalue weighted by atomic mass is 10.1. The molecule has 0 saturated heterocycles. The molecule has 2 heterocycles. The van der Waals surface area contributed by atoms with Crippen LogP contribution >= 0.6 is 0 Å². The van der Waals surface area contributed by atoms with Crippen molar-refractivity contribution in [1.82, 2.24) is 9.97 Å². The largest absolute Gasteiger partial charge is 0.465 e. The number of fused-ring (bicyclic) bond motifs is 1. The summed E-state index contributed by atoms with van der Waals surface area (Å²) in [4.78, 5) is 18.7. The highest BCUT2D eigenvalue weighted by atomic mass is 16.5. The summed E-state index contributed by atoms with van der Waals surface area (Å²) in [6, 6.07) is 3.18. The van der Waals surface area contributed by atoms with Gasteiger partial charge in [0.2, 0.25) is 0 Å². The van der Waals surface area contributed by atoms with E-state index in [4.69, 9.17) is 10.5 Å². The van der Waals surface area contributed by atoms with Crippen molar-refractivity contribution in [2.24, 2.45) is 5.73 Å². The summed E-state index contributed by atoms with van der Waals surface area (Å²) < 4.78 is 4.87. The lowest BCUT2D eigenvalue weighted by molar-refractivity contribution is -0.144. The monoisotopic (exact) mass is 233 g/mol. The number of H-pyrrole nitrogens is 1. The van der Waals surface area contributed by atoms with Gasteiger partial charge in [-0.05, 0) is 24.6 Å². The number of hydrogen-bond acceptors (Lipinski definition) is 4. The molecule has 0 radical (unpaired) electrons. The minimum Gasteiger partial charge on any atom is -0.465 e. The Bertz CT molecular complexity index is 521. The molecule has 0 aliphatic rings. The maximum atomic E-state index is 11.4. The van der Waals surface area contributed by atoms with Crippen LogP contribution in [-0.2, 0) is 16.0 Å². The third-order valence-electron chi connectivity index (χ3n) is 2.57. The number of pyridine rings is 1. The Kier molecular flexibility index (Phi) is 3.39. The Morgan fingerprint density at radius 2 is 2.47 bits per heavy atom. The molecule has 5 heteroatoms. The SMILES string of the molecule is CCOC(=O)[C@@H](N)Cc1c[nH]c2ncccc12. The maximum Gasteiger partial charge on any atom is 0.323 e. The van der Waals surface area contributed by atoms with Crippen LogP contribution in [0.5, 0.6) is 0 Å². The summed E-state index contributed by atoms with van der Waals surface area (Å²) in [5, 5.41) is 0.993. The second-order valence-electron chi connectivity index (χ2n) is 3.78. The van der Waals surface area contributed by atoms with Crippen molar-refractivity contribution in [3.63, 3.8) is 0 Å². The minimum atomic E-state index is -0.630. The Morgan fingerprint density at radius 3 is 3.24 bits per heavy atom. The van der Waals surface area contributed by atoms with Crippen LogP contribution in [0.3, 0.4) is 0 Å². The third kappa shape index (κ3) is 2.45. The summed E-state index contributed by atoms with van der Waals surface area (Å²) in [7, 11) is 0. The highest BCUT2D eigenvalue weighted by Crippen LogP contribution is 2.16.